The Bertz CT molecular complexity index is 658. The van der Waals surface area contributed by atoms with Crippen molar-refractivity contribution in [3.8, 4) is 0 Å². The maximum absolute atomic E-state index is 12.2. The van der Waals surface area contributed by atoms with Crippen molar-refractivity contribution in [2.24, 2.45) is 5.92 Å². The van der Waals surface area contributed by atoms with Gasteiger partial charge in [0.2, 0.25) is 0 Å². The third-order valence-electron chi connectivity index (χ3n) is 5.63. The van der Waals surface area contributed by atoms with E-state index in [4.69, 9.17) is 4.74 Å². The summed E-state index contributed by atoms with van der Waals surface area (Å²) in [6.07, 6.45) is 8.49. The molecule has 1 aromatic heterocycles. The van der Waals surface area contributed by atoms with Gasteiger partial charge in [0.15, 0.2) is 5.43 Å². The standard InChI is InChI=1S/C21H33N3O3/c1-21(2,3)27-20(26)24-14-12-23(13-15-24)18-6-4-17(5-7-18)16-22-10-8-19(25)9-11-22/h8-11,17-18H,4-7,12-16H2,1-3H3. The maximum Gasteiger partial charge on any atom is 0.410 e. The highest BCUT2D eigenvalue weighted by atomic mass is 16.6. The average molecular weight is 376 g/mol. The number of amides is 1. The van der Waals surface area contributed by atoms with Crippen LogP contribution >= 0.6 is 0 Å². The van der Waals surface area contributed by atoms with Crippen molar-refractivity contribution in [3.05, 3.63) is 34.7 Å². The molecule has 1 aliphatic carbocycles. The number of piperazine rings is 1. The fourth-order valence-electron chi connectivity index (χ4n) is 4.15. The lowest BCUT2D eigenvalue weighted by Crippen LogP contribution is -2.53. The number of aromatic nitrogens is 1. The number of carbonyl (C=O) groups is 1. The largest absolute Gasteiger partial charge is 0.444 e. The van der Waals surface area contributed by atoms with Crippen LogP contribution in [-0.4, -0.2) is 58.3 Å². The molecule has 1 aromatic rings. The van der Waals surface area contributed by atoms with E-state index in [0.717, 1.165) is 32.7 Å². The Morgan fingerprint density at radius 2 is 1.63 bits per heavy atom. The van der Waals surface area contributed by atoms with Crippen molar-refractivity contribution >= 4 is 6.09 Å². The summed E-state index contributed by atoms with van der Waals surface area (Å²) < 4.78 is 7.61. The van der Waals surface area contributed by atoms with Gasteiger partial charge >= 0.3 is 6.09 Å². The molecule has 0 atom stereocenters. The third kappa shape index (κ3) is 5.83. The van der Waals surface area contributed by atoms with Gasteiger partial charge < -0.3 is 14.2 Å². The van der Waals surface area contributed by atoms with Gasteiger partial charge in [0.1, 0.15) is 5.60 Å². The molecular formula is C21H33N3O3. The molecule has 2 fully saturated rings. The van der Waals surface area contributed by atoms with E-state index in [2.05, 4.69) is 9.47 Å². The minimum Gasteiger partial charge on any atom is -0.444 e. The molecule has 2 heterocycles. The average Bonchev–Trinajstić information content (AvgIpc) is 2.63. The Morgan fingerprint density at radius 3 is 2.19 bits per heavy atom. The normalized spacial score (nSPS) is 24.6. The van der Waals surface area contributed by atoms with Crippen LogP contribution in [0, 0.1) is 5.92 Å². The second-order valence-corrected chi connectivity index (χ2v) is 8.91. The van der Waals surface area contributed by atoms with Gasteiger partial charge in [-0.25, -0.2) is 4.79 Å². The van der Waals surface area contributed by atoms with Gasteiger partial charge in [-0.2, -0.15) is 0 Å². The fourth-order valence-corrected chi connectivity index (χ4v) is 4.15. The smallest absolute Gasteiger partial charge is 0.410 e. The van der Waals surface area contributed by atoms with Gasteiger partial charge in [0, 0.05) is 63.3 Å². The Labute approximate surface area is 162 Å². The van der Waals surface area contributed by atoms with E-state index in [1.807, 2.05) is 38.1 Å². The van der Waals surface area contributed by atoms with E-state index in [0.29, 0.717) is 12.0 Å². The molecule has 0 unspecified atom stereocenters. The van der Waals surface area contributed by atoms with Crippen molar-refractivity contribution in [2.75, 3.05) is 26.2 Å². The molecule has 0 radical (unpaired) electrons. The van der Waals surface area contributed by atoms with E-state index >= 15 is 0 Å². The first-order valence-corrected chi connectivity index (χ1v) is 10.2. The molecular weight excluding hydrogens is 342 g/mol. The molecule has 1 amide bonds. The van der Waals surface area contributed by atoms with Gasteiger partial charge in [-0.1, -0.05) is 0 Å². The summed E-state index contributed by atoms with van der Waals surface area (Å²) in [7, 11) is 0. The van der Waals surface area contributed by atoms with Crippen LogP contribution in [0.2, 0.25) is 0 Å². The minimum atomic E-state index is -0.432. The van der Waals surface area contributed by atoms with Crippen LogP contribution in [0.4, 0.5) is 4.79 Å². The van der Waals surface area contributed by atoms with Crippen molar-refractivity contribution in [1.29, 1.82) is 0 Å². The molecule has 1 saturated carbocycles. The summed E-state index contributed by atoms with van der Waals surface area (Å²) in [4.78, 5) is 27.8. The van der Waals surface area contributed by atoms with Crippen molar-refractivity contribution in [3.63, 3.8) is 0 Å². The number of carbonyl (C=O) groups excluding carboxylic acids is 1. The number of rotatable bonds is 3. The zero-order valence-corrected chi connectivity index (χ0v) is 16.9. The molecule has 27 heavy (non-hydrogen) atoms. The summed E-state index contributed by atoms with van der Waals surface area (Å²) in [5, 5.41) is 0. The van der Waals surface area contributed by atoms with Crippen molar-refractivity contribution < 1.29 is 9.53 Å². The van der Waals surface area contributed by atoms with Crippen molar-refractivity contribution in [2.45, 2.75) is 64.6 Å². The van der Waals surface area contributed by atoms with E-state index in [1.165, 1.54) is 25.7 Å². The Morgan fingerprint density at radius 1 is 1.04 bits per heavy atom. The topological polar surface area (TPSA) is 54.8 Å². The fraction of sp³-hybridized carbons (Fsp3) is 0.714. The first-order valence-electron chi connectivity index (χ1n) is 10.2. The molecule has 150 valence electrons. The third-order valence-corrected chi connectivity index (χ3v) is 5.63. The number of hydrogen-bond acceptors (Lipinski definition) is 4. The molecule has 0 bridgehead atoms. The van der Waals surface area contributed by atoms with Crippen LogP contribution in [-0.2, 0) is 11.3 Å². The van der Waals surface area contributed by atoms with Crippen LogP contribution in [0.3, 0.4) is 0 Å². The Balaban J connectivity index is 1.41. The SMILES string of the molecule is CC(C)(C)OC(=O)N1CCN(C2CCC(Cn3ccc(=O)cc3)CC2)CC1. The Hall–Kier alpha value is -1.82. The number of pyridine rings is 1. The van der Waals surface area contributed by atoms with E-state index in [-0.39, 0.29) is 11.5 Å². The zero-order valence-electron chi connectivity index (χ0n) is 16.9. The highest BCUT2D eigenvalue weighted by Gasteiger charge is 2.31. The molecule has 3 rings (SSSR count). The lowest BCUT2D eigenvalue weighted by atomic mass is 9.85. The van der Waals surface area contributed by atoms with E-state index in [1.54, 1.807) is 12.1 Å². The van der Waals surface area contributed by atoms with E-state index < -0.39 is 5.60 Å². The molecule has 6 heteroatoms. The Kier molecular flexibility index (Phi) is 6.25. The second-order valence-electron chi connectivity index (χ2n) is 8.91. The van der Waals surface area contributed by atoms with Gasteiger partial charge in [-0.3, -0.25) is 9.69 Å². The molecule has 2 aliphatic rings. The number of nitrogens with zero attached hydrogens (tertiary/aromatic N) is 3. The highest BCUT2D eigenvalue weighted by Crippen LogP contribution is 2.29. The summed E-state index contributed by atoms with van der Waals surface area (Å²) in [6.45, 7) is 10.1. The molecule has 1 saturated heterocycles. The van der Waals surface area contributed by atoms with Gasteiger partial charge in [-0.15, -0.1) is 0 Å². The summed E-state index contributed by atoms with van der Waals surface area (Å²) in [6, 6.07) is 3.90. The summed E-state index contributed by atoms with van der Waals surface area (Å²) in [5.41, 5.74) is -0.362. The molecule has 0 aromatic carbocycles. The quantitative estimate of drug-likeness (QED) is 0.815. The zero-order chi connectivity index (χ0) is 19.4. The van der Waals surface area contributed by atoms with Crippen LogP contribution in [0.1, 0.15) is 46.5 Å². The van der Waals surface area contributed by atoms with Gasteiger partial charge in [0.25, 0.3) is 0 Å². The number of ether oxygens (including phenoxy) is 1. The van der Waals surface area contributed by atoms with Crippen molar-refractivity contribution in [1.82, 2.24) is 14.4 Å². The molecule has 0 N–H and O–H groups in total. The minimum absolute atomic E-state index is 0.0699. The molecule has 1 aliphatic heterocycles. The monoisotopic (exact) mass is 375 g/mol. The van der Waals surface area contributed by atoms with Gasteiger partial charge in [0.05, 0.1) is 0 Å². The predicted octanol–water partition coefficient (Wildman–Crippen LogP) is 2.96. The van der Waals surface area contributed by atoms with Gasteiger partial charge in [-0.05, 0) is 52.4 Å². The van der Waals surface area contributed by atoms with Crippen LogP contribution in [0.15, 0.2) is 29.3 Å². The lowest BCUT2D eigenvalue weighted by molar-refractivity contribution is 0.00699. The first-order chi connectivity index (χ1) is 12.8. The van der Waals surface area contributed by atoms with Crippen LogP contribution < -0.4 is 5.43 Å². The van der Waals surface area contributed by atoms with E-state index in [9.17, 15) is 9.59 Å². The van der Waals surface area contributed by atoms with Crippen LogP contribution in [0.25, 0.3) is 0 Å². The van der Waals surface area contributed by atoms with Crippen LogP contribution in [0.5, 0.6) is 0 Å². The molecule has 0 spiro atoms. The first kappa shape index (κ1) is 19.9. The lowest BCUT2D eigenvalue weighted by Gasteiger charge is -2.42. The molecule has 6 nitrogen and oxygen atoms in total. The number of hydrogen-bond donors (Lipinski definition) is 0. The maximum atomic E-state index is 12.2. The highest BCUT2D eigenvalue weighted by molar-refractivity contribution is 5.68. The predicted molar refractivity (Wildman–Crippen MR) is 106 cm³/mol. The summed E-state index contributed by atoms with van der Waals surface area (Å²) in [5.74, 6) is 0.687. The summed E-state index contributed by atoms with van der Waals surface area (Å²) >= 11 is 0. The second kappa shape index (κ2) is 8.46.